The number of hydrogen-bond acceptors (Lipinski definition) is 4. The van der Waals surface area contributed by atoms with Crippen molar-refractivity contribution >= 4 is 16.0 Å². The van der Waals surface area contributed by atoms with E-state index < -0.39 is 16.0 Å². The topological polar surface area (TPSA) is 106 Å². The van der Waals surface area contributed by atoms with Crippen LogP contribution in [-0.2, 0) is 21.4 Å². The highest BCUT2D eigenvalue weighted by atomic mass is 32.2. The number of hydrogen-bond donors (Lipinski definition) is 2. The van der Waals surface area contributed by atoms with Gasteiger partial charge < -0.3 is 5.11 Å². The molecule has 0 aliphatic carbocycles. The first-order chi connectivity index (χ1) is 9.81. The van der Waals surface area contributed by atoms with Crippen molar-refractivity contribution in [1.82, 2.24) is 14.5 Å². The summed E-state index contributed by atoms with van der Waals surface area (Å²) in [6, 6.07) is 3.39. The molecule has 2 aromatic heterocycles. The summed E-state index contributed by atoms with van der Waals surface area (Å²) >= 11 is 0. The molecule has 0 fully saturated rings. The molecule has 0 saturated heterocycles. The van der Waals surface area contributed by atoms with Crippen molar-refractivity contribution < 1.29 is 18.3 Å². The molecule has 2 aromatic rings. The van der Waals surface area contributed by atoms with Crippen LogP contribution in [0.15, 0.2) is 29.4 Å². The second kappa shape index (κ2) is 5.60. The lowest BCUT2D eigenvalue weighted by Gasteiger charge is -2.09. The summed E-state index contributed by atoms with van der Waals surface area (Å²) < 4.78 is 27.5. The Morgan fingerprint density at radius 3 is 2.52 bits per heavy atom. The second-order valence-corrected chi connectivity index (χ2v) is 6.15. The molecule has 21 heavy (non-hydrogen) atoms. The third-order valence-electron chi connectivity index (χ3n) is 2.95. The highest BCUT2D eigenvalue weighted by Crippen LogP contribution is 2.20. The molecule has 0 radical (unpaired) electrons. The summed E-state index contributed by atoms with van der Waals surface area (Å²) in [5.74, 6) is -0.961. The summed E-state index contributed by atoms with van der Waals surface area (Å²) in [7, 11) is -3.78. The maximum atomic E-state index is 12.4. The van der Waals surface area contributed by atoms with Gasteiger partial charge in [-0.1, -0.05) is 0 Å². The van der Waals surface area contributed by atoms with E-state index in [0.29, 0.717) is 11.4 Å². The average Bonchev–Trinajstić information content (AvgIpc) is 2.94. The smallest absolute Gasteiger partial charge is 0.305 e. The molecule has 9 heteroatoms. The van der Waals surface area contributed by atoms with Gasteiger partial charge in [-0.05, 0) is 26.0 Å². The van der Waals surface area contributed by atoms with Crippen LogP contribution >= 0.6 is 0 Å². The largest absolute Gasteiger partial charge is 0.481 e. The first-order valence-electron chi connectivity index (χ1n) is 6.23. The van der Waals surface area contributed by atoms with Crippen molar-refractivity contribution in [2.75, 3.05) is 4.83 Å². The Hall–Kier alpha value is -2.29. The lowest BCUT2D eigenvalue weighted by molar-refractivity contribution is -0.137. The molecule has 2 rings (SSSR count). The zero-order chi connectivity index (χ0) is 15.6. The first kappa shape index (κ1) is 15.1. The van der Waals surface area contributed by atoms with E-state index >= 15 is 0 Å². The standard InChI is InChI=1S/C12H16N4O4S/c1-9-12(10(2)16(13-9)8-5-11(17)18)21(19,20)14-15-6-3-4-7-15/h3-4,6-7,14H,5,8H2,1-2H3,(H,17,18). The number of nitrogens with zero attached hydrogens (tertiary/aromatic N) is 3. The van der Waals surface area contributed by atoms with Gasteiger partial charge in [-0.15, -0.1) is 0 Å². The van der Waals surface area contributed by atoms with Crippen molar-refractivity contribution in [2.45, 2.75) is 31.7 Å². The van der Waals surface area contributed by atoms with Crippen molar-refractivity contribution in [1.29, 1.82) is 0 Å². The quantitative estimate of drug-likeness (QED) is 0.817. The predicted octanol–water partition coefficient (Wildman–Crippen LogP) is 0.709. The molecule has 2 heterocycles. The van der Waals surface area contributed by atoms with Gasteiger partial charge in [-0.25, -0.2) is 4.83 Å². The van der Waals surface area contributed by atoms with E-state index in [1.165, 1.54) is 9.36 Å². The third kappa shape index (κ3) is 3.24. The zero-order valence-corrected chi connectivity index (χ0v) is 12.5. The van der Waals surface area contributed by atoms with Gasteiger partial charge in [0.15, 0.2) is 0 Å². The van der Waals surface area contributed by atoms with Crippen molar-refractivity contribution in [3.05, 3.63) is 35.9 Å². The van der Waals surface area contributed by atoms with Crippen molar-refractivity contribution in [2.24, 2.45) is 0 Å². The summed E-state index contributed by atoms with van der Waals surface area (Å²) in [5, 5.41) is 12.8. The molecule has 0 amide bonds. The Kier molecular flexibility index (Phi) is 4.03. The Morgan fingerprint density at radius 1 is 1.33 bits per heavy atom. The van der Waals surface area contributed by atoms with Gasteiger partial charge in [0.05, 0.1) is 24.4 Å². The van der Waals surface area contributed by atoms with Gasteiger partial charge in [0.1, 0.15) is 4.90 Å². The van der Waals surface area contributed by atoms with E-state index in [2.05, 4.69) is 9.93 Å². The highest BCUT2D eigenvalue weighted by Gasteiger charge is 2.24. The van der Waals surface area contributed by atoms with Crippen molar-refractivity contribution in [3.8, 4) is 0 Å². The third-order valence-corrected chi connectivity index (χ3v) is 4.53. The number of sulfonamides is 1. The highest BCUT2D eigenvalue weighted by molar-refractivity contribution is 7.92. The SMILES string of the molecule is Cc1nn(CCC(=O)O)c(C)c1S(=O)(=O)Nn1cccc1. The van der Waals surface area contributed by atoms with Gasteiger partial charge in [-0.2, -0.15) is 13.5 Å². The summed E-state index contributed by atoms with van der Waals surface area (Å²) in [4.78, 5) is 13.1. The maximum Gasteiger partial charge on any atom is 0.305 e. The molecule has 8 nitrogen and oxygen atoms in total. The number of carboxylic acid groups (broad SMARTS) is 1. The summed E-state index contributed by atoms with van der Waals surface area (Å²) in [6.07, 6.45) is 3.01. The monoisotopic (exact) mass is 312 g/mol. The second-order valence-electron chi connectivity index (χ2n) is 4.55. The normalized spacial score (nSPS) is 11.5. The molecular formula is C12H16N4O4S. The van der Waals surface area contributed by atoms with E-state index in [0.717, 1.165) is 0 Å². The first-order valence-corrected chi connectivity index (χ1v) is 7.71. The molecule has 0 aliphatic rings. The fraction of sp³-hybridized carbons (Fsp3) is 0.333. The van der Waals surface area contributed by atoms with Crippen LogP contribution in [0.2, 0.25) is 0 Å². The lowest BCUT2D eigenvalue weighted by Crippen LogP contribution is -2.23. The van der Waals surface area contributed by atoms with E-state index in [1.54, 1.807) is 38.4 Å². The molecule has 0 aromatic carbocycles. The molecule has 0 aliphatic heterocycles. The maximum absolute atomic E-state index is 12.4. The Labute approximate surface area is 122 Å². The number of nitrogens with one attached hydrogen (secondary N) is 1. The van der Waals surface area contributed by atoms with Crippen LogP contribution < -0.4 is 4.83 Å². The number of rotatable bonds is 6. The van der Waals surface area contributed by atoms with Crippen molar-refractivity contribution in [3.63, 3.8) is 0 Å². The van der Waals surface area contributed by atoms with Crippen LogP contribution in [0.4, 0.5) is 0 Å². The molecule has 0 bridgehead atoms. The van der Waals surface area contributed by atoms with E-state index in [1.807, 2.05) is 0 Å². The van der Waals surface area contributed by atoms with Crippen LogP contribution in [0.1, 0.15) is 17.8 Å². The number of carboxylic acids is 1. The minimum absolute atomic E-state index is 0.0709. The molecule has 0 spiro atoms. The van der Waals surface area contributed by atoms with Gasteiger partial charge in [0, 0.05) is 12.4 Å². The molecule has 0 saturated carbocycles. The van der Waals surface area contributed by atoms with Gasteiger partial charge in [-0.3, -0.25) is 14.2 Å². The fourth-order valence-corrected chi connectivity index (χ4v) is 3.48. The Balaban J connectivity index is 2.33. The van der Waals surface area contributed by atoms with E-state index in [-0.39, 0.29) is 17.9 Å². The van der Waals surface area contributed by atoms with Crippen LogP contribution in [0.5, 0.6) is 0 Å². The number of aryl methyl sites for hydroxylation is 2. The Morgan fingerprint density at radius 2 is 1.95 bits per heavy atom. The minimum atomic E-state index is -3.78. The molecule has 0 unspecified atom stereocenters. The van der Waals surface area contributed by atoms with E-state index in [4.69, 9.17) is 5.11 Å². The molecule has 0 atom stereocenters. The zero-order valence-electron chi connectivity index (χ0n) is 11.6. The lowest BCUT2D eigenvalue weighted by atomic mass is 10.4. The predicted molar refractivity (Wildman–Crippen MR) is 74.9 cm³/mol. The molecule has 2 N–H and O–H groups in total. The van der Waals surface area contributed by atoms with E-state index in [9.17, 15) is 13.2 Å². The number of carbonyl (C=O) groups is 1. The summed E-state index contributed by atoms with van der Waals surface area (Å²) in [5.41, 5.74) is 0.742. The minimum Gasteiger partial charge on any atom is -0.481 e. The van der Waals surface area contributed by atoms with Crippen LogP contribution in [0.25, 0.3) is 0 Å². The van der Waals surface area contributed by atoms with Gasteiger partial charge in [0.2, 0.25) is 0 Å². The van der Waals surface area contributed by atoms with Gasteiger partial charge in [0.25, 0.3) is 10.0 Å². The fourth-order valence-electron chi connectivity index (χ4n) is 2.07. The Bertz CT molecular complexity index is 747. The van der Waals surface area contributed by atoms with Gasteiger partial charge >= 0.3 is 5.97 Å². The molecule has 114 valence electrons. The summed E-state index contributed by atoms with van der Waals surface area (Å²) in [6.45, 7) is 3.31. The van der Waals surface area contributed by atoms with Crippen LogP contribution in [0.3, 0.4) is 0 Å². The number of aromatic nitrogens is 3. The average molecular weight is 312 g/mol. The van der Waals surface area contributed by atoms with Crippen LogP contribution in [-0.4, -0.2) is 34.0 Å². The number of aliphatic carboxylic acids is 1. The van der Waals surface area contributed by atoms with Crippen LogP contribution in [0, 0.1) is 13.8 Å². The molecular weight excluding hydrogens is 296 g/mol.